The van der Waals surface area contributed by atoms with E-state index in [1.54, 1.807) is 36.5 Å². The zero-order valence-corrected chi connectivity index (χ0v) is 17.8. The first kappa shape index (κ1) is 20.0. The van der Waals surface area contributed by atoms with E-state index in [0.29, 0.717) is 21.3 Å². The summed E-state index contributed by atoms with van der Waals surface area (Å²) in [5, 5.41) is 8.08. The standard InChI is InChI=1S/C23H19N3O2S2/c1-15-4-6-16(7-5-15)13-19-14-24-23(30-19)26-21(27)17-8-10-18(11-9-17)25-22(28)20-3-2-12-29-20/h2-12,14H,13H2,1H3,(H,25,28)(H,24,26,27). The van der Waals surface area contributed by atoms with Gasteiger partial charge in [-0.05, 0) is 48.2 Å². The van der Waals surface area contributed by atoms with E-state index in [0.717, 1.165) is 11.3 Å². The van der Waals surface area contributed by atoms with Gasteiger partial charge in [-0.15, -0.1) is 22.7 Å². The fourth-order valence-electron chi connectivity index (χ4n) is 2.83. The lowest BCUT2D eigenvalue weighted by Gasteiger charge is -2.05. The van der Waals surface area contributed by atoms with Gasteiger partial charge in [-0.2, -0.15) is 0 Å². The lowest BCUT2D eigenvalue weighted by atomic mass is 10.1. The van der Waals surface area contributed by atoms with Crippen molar-refractivity contribution in [2.75, 3.05) is 10.6 Å². The van der Waals surface area contributed by atoms with Crippen molar-refractivity contribution in [2.45, 2.75) is 13.3 Å². The third kappa shape index (κ3) is 5.00. The number of aryl methyl sites for hydroxylation is 1. The molecule has 2 aromatic heterocycles. The van der Waals surface area contributed by atoms with E-state index in [9.17, 15) is 9.59 Å². The third-order valence-electron chi connectivity index (χ3n) is 4.42. The van der Waals surface area contributed by atoms with Crippen LogP contribution in [-0.4, -0.2) is 16.8 Å². The van der Waals surface area contributed by atoms with Gasteiger partial charge in [0, 0.05) is 28.7 Å². The number of amides is 2. The number of carbonyl (C=O) groups excluding carboxylic acids is 2. The number of hydrogen-bond acceptors (Lipinski definition) is 5. The van der Waals surface area contributed by atoms with Crippen LogP contribution in [0.15, 0.2) is 72.2 Å². The molecule has 0 atom stereocenters. The number of hydrogen-bond donors (Lipinski definition) is 2. The average molecular weight is 434 g/mol. The van der Waals surface area contributed by atoms with Crippen LogP contribution in [0, 0.1) is 6.92 Å². The van der Waals surface area contributed by atoms with Crippen molar-refractivity contribution in [2.24, 2.45) is 0 Å². The van der Waals surface area contributed by atoms with Crippen molar-refractivity contribution in [1.82, 2.24) is 4.98 Å². The molecule has 150 valence electrons. The molecule has 30 heavy (non-hydrogen) atoms. The smallest absolute Gasteiger partial charge is 0.265 e. The molecule has 0 aliphatic heterocycles. The Balaban J connectivity index is 1.35. The molecule has 2 N–H and O–H groups in total. The molecule has 0 unspecified atom stereocenters. The number of benzene rings is 2. The zero-order chi connectivity index (χ0) is 20.9. The van der Waals surface area contributed by atoms with E-state index in [-0.39, 0.29) is 11.8 Å². The maximum atomic E-state index is 12.5. The second kappa shape index (κ2) is 9.02. The van der Waals surface area contributed by atoms with Gasteiger partial charge in [0.05, 0.1) is 4.88 Å². The number of aromatic nitrogens is 1. The number of nitrogens with one attached hydrogen (secondary N) is 2. The summed E-state index contributed by atoms with van der Waals surface area (Å²) in [7, 11) is 0. The molecular formula is C23H19N3O2S2. The van der Waals surface area contributed by atoms with Crippen molar-refractivity contribution in [3.05, 3.63) is 98.7 Å². The van der Waals surface area contributed by atoms with Gasteiger partial charge in [0.1, 0.15) is 0 Å². The fourth-order valence-corrected chi connectivity index (χ4v) is 4.29. The molecule has 0 saturated carbocycles. The number of anilines is 2. The molecule has 2 amide bonds. The number of carbonyl (C=O) groups is 2. The Hall–Kier alpha value is -3.29. The van der Waals surface area contributed by atoms with E-state index in [4.69, 9.17) is 0 Å². The summed E-state index contributed by atoms with van der Waals surface area (Å²) < 4.78 is 0. The average Bonchev–Trinajstić information content (AvgIpc) is 3.43. The van der Waals surface area contributed by atoms with Gasteiger partial charge < -0.3 is 5.32 Å². The van der Waals surface area contributed by atoms with Crippen LogP contribution in [0.25, 0.3) is 0 Å². The summed E-state index contributed by atoms with van der Waals surface area (Å²) in [6.07, 6.45) is 2.58. The van der Waals surface area contributed by atoms with E-state index in [1.165, 1.54) is 33.8 Å². The molecule has 0 bridgehead atoms. The molecule has 2 aromatic carbocycles. The molecule has 0 radical (unpaired) electrons. The Kier molecular flexibility index (Phi) is 6.02. The maximum Gasteiger partial charge on any atom is 0.265 e. The molecule has 0 aliphatic rings. The van der Waals surface area contributed by atoms with Crippen LogP contribution < -0.4 is 10.6 Å². The first-order chi connectivity index (χ1) is 14.6. The van der Waals surface area contributed by atoms with Crippen molar-refractivity contribution in [3.8, 4) is 0 Å². The van der Waals surface area contributed by atoms with E-state index in [2.05, 4.69) is 46.8 Å². The largest absolute Gasteiger partial charge is 0.321 e. The summed E-state index contributed by atoms with van der Waals surface area (Å²) in [6.45, 7) is 2.06. The van der Waals surface area contributed by atoms with Crippen LogP contribution in [0.3, 0.4) is 0 Å². The van der Waals surface area contributed by atoms with Crippen LogP contribution in [0.1, 0.15) is 36.0 Å². The predicted octanol–water partition coefficient (Wildman–Crippen LogP) is 5.61. The third-order valence-corrected chi connectivity index (χ3v) is 6.20. The molecule has 0 saturated heterocycles. The second-order valence-corrected chi connectivity index (χ2v) is 8.82. The SMILES string of the molecule is Cc1ccc(Cc2cnc(NC(=O)c3ccc(NC(=O)c4cccs4)cc3)s2)cc1. The number of rotatable bonds is 6. The first-order valence-corrected chi connectivity index (χ1v) is 11.0. The van der Waals surface area contributed by atoms with Crippen molar-refractivity contribution in [1.29, 1.82) is 0 Å². The maximum absolute atomic E-state index is 12.5. The number of nitrogens with zero attached hydrogens (tertiary/aromatic N) is 1. The summed E-state index contributed by atoms with van der Waals surface area (Å²) in [5.41, 5.74) is 3.58. The quantitative estimate of drug-likeness (QED) is 0.415. The highest BCUT2D eigenvalue weighted by Gasteiger charge is 2.11. The fraction of sp³-hybridized carbons (Fsp3) is 0.0870. The second-order valence-electron chi connectivity index (χ2n) is 6.76. The molecule has 5 nitrogen and oxygen atoms in total. The Bertz CT molecular complexity index is 1150. The first-order valence-electron chi connectivity index (χ1n) is 9.33. The Morgan fingerprint density at radius 2 is 1.70 bits per heavy atom. The van der Waals surface area contributed by atoms with Crippen molar-refractivity contribution < 1.29 is 9.59 Å². The molecule has 2 heterocycles. The van der Waals surface area contributed by atoms with Gasteiger partial charge in [-0.25, -0.2) is 4.98 Å². The minimum Gasteiger partial charge on any atom is -0.321 e. The van der Waals surface area contributed by atoms with Crippen LogP contribution in [0.4, 0.5) is 10.8 Å². The Morgan fingerprint density at radius 3 is 2.40 bits per heavy atom. The van der Waals surface area contributed by atoms with Gasteiger partial charge in [-0.1, -0.05) is 35.9 Å². The molecular weight excluding hydrogens is 414 g/mol. The van der Waals surface area contributed by atoms with Crippen LogP contribution in [-0.2, 0) is 6.42 Å². The molecule has 4 rings (SSSR count). The summed E-state index contributed by atoms with van der Waals surface area (Å²) >= 11 is 2.85. The molecule has 0 spiro atoms. The minimum absolute atomic E-state index is 0.161. The lowest BCUT2D eigenvalue weighted by molar-refractivity contribution is 0.102. The van der Waals surface area contributed by atoms with Gasteiger partial charge in [0.15, 0.2) is 5.13 Å². The monoisotopic (exact) mass is 433 g/mol. The molecule has 0 aliphatic carbocycles. The van der Waals surface area contributed by atoms with E-state index in [1.807, 2.05) is 11.4 Å². The summed E-state index contributed by atoms with van der Waals surface area (Å²) in [6, 6.07) is 18.8. The number of thiophene rings is 1. The summed E-state index contributed by atoms with van der Waals surface area (Å²) in [4.78, 5) is 30.6. The highest BCUT2D eigenvalue weighted by atomic mass is 32.1. The Morgan fingerprint density at radius 1 is 0.933 bits per heavy atom. The van der Waals surface area contributed by atoms with Crippen molar-refractivity contribution >= 4 is 45.3 Å². The van der Waals surface area contributed by atoms with Crippen LogP contribution in [0.5, 0.6) is 0 Å². The lowest BCUT2D eigenvalue weighted by Crippen LogP contribution is -2.13. The topological polar surface area (TPSA) is 71.1 Å². The molecule has 0 fully saturated rings. The normalized spacial score (nSPS) is 10.6. The van der Waals surface area contributed by atoms with Crippen LogP contribution >= 0.6 is 22.7 Å². The predicted molar refractivity (Wildman–Crippen MR) is 123 cm³/mol. The summed E-state index contributed by atoms with van der Waals surface area (Å²) in [5.74, 6) is -0.395. The van der Waals surface area contributed by atoms with Gasteiger partial charge in [0.2, 0.25) is 0 Å². The highest BCUT2D eigenvalue weighted by Crippen LogP contribution is 2.22. The Labute approximate surface area is 182 Å². The number of thiazole rings is 1. The zero-order valence-electron chi connectivity index (χ0n) is 16.2. The van der Waals surface area contributed by atoms with E-state index < -0.39 is 0 Å². The minimum atomic E-state index is -0.234. The van der Waals surface area contributed by atoms with E-state index >= 15 is 0 Å². The highest BCUT2D eigenvalue weighted by molar-refractivity contribution is 7.15. The van der Waals surface area contributed by atoms with Gasteiger partial charge in [0.25, 0.3) is 11.8 Å². The molecule has 7 heteroatoms. The van der Waals surface area contributed by atoms with Gasteiger partial charge >= 0.3 is 0 Å². The van der Waals surface area contributed by atoms with Crippen molar-refractivity contribution in [3.63, 3.8) is 0 Å². The van der Waals surface area contributed by atoms with Crippen LogP contribution in [0.2, 0.25) is 0 Å². The van der Waals surface area contributed by atoms with Gasteiger partial charge in [-0.3, -0.25) is 14.9 Å². The molecule has 4 aromatic rings.